The quantitative estimate of drug-likeness (QED) is 0.537. The minimum atomic E-state index is -3.41. The predicted octanol–water partition coefficient (Wildman–Crippen LogP) is 2.42. The number of thiazole rings is 1. The van der Waals surface area contributed by atoms with Gasteiger partial charge in [-0.1, -0.05) is 11.3 Å². The first-order valence-corrected chi connectivity index (χ1v) is 11.7. The van der Waals surface area contributed by atoms with Crippen molar-refractivity contribution < 1.29 is 27.5 Å². The zero-order valence-electron chi connectivity index (χ0n) is 16.6. The van der Waals surface area contributed by atoms with Crippen molar-refractivity contribution >= 4 is 43.3 Å². The van der Waals surface area contributed by atoms with Crippen molar-refractivity contribution in [1.82, 2.24) is 4.57 Å². The molecule has 0 atom stereocenters. The lowest BCUT2D eigenvalue weighted by Gasteiger charge is -2.05. The van der Waals surface area contributed by atoms with Gasteiger partial charge in [0, 0.05) is 11.8 Å². The largest absolute Gasteiger partial charge is 0.497 e. The van der Waals surface area contributed by atoms with E-state index in [-0.39, 0.29) is 22.8 Å². The van der Waals surface area contributed by atoms with Crippen LogP contribution in [0.15, 0.2) is 52.4 Å². The van der Waals surface area contributed by atoms with Crippen molar-refractivity contribution in [3.05, 3.63) is 52.8 Å². The van der Waals surface area contributed by atoms with Crippen LogP contribution in [0.5, 0.6) is 5.75 Å². The van der Waals surface area contributed by atoms with E-state index in [1.54, 1.807) is 41.8 Å². The number of carbonyl (C=O) groups excluding carboxylic acids is 2. The van der Waals surface area contributed by atoms with Crippen molar-refractivity contribution in [2.75, 3.05) is 20.0 Å². The van der Waals surface area contributed by atoms with Crippen LogP contribution < -0.4 is 9.54 Å². The van der Waals surface area contributed by atoms with E-state index >= 15 is 0 Å². The van der Waals surface area contributed by atoms with Crippen molar-refractivity contribution in [1.29, 1.82) is 0 Å². The molecule has 0 aliphatic carbocycles. The van der Waals surface area contributed by atoms with Crippen molar-refractivity contribution in [2.24, 2.45) is 4.99 Å². The molecule has 0 aliphatic rings. The molecule has 0 N–H and O–H groups in total. The van der Waals surface area contributed by atoms with Gasteiger partial charge < -0.3 is 14.0 Å². The first-order valence-electron chi connectivity index (χ1n) is 8.95. The molecule has 3 aromatic rings. The fourth-order valence-corrected chi connectivity index (χ4v) is 4.53. The summed E-state index contributed by atoms with van der Waals surface area (Å²) in [5, 5.41) is 0. The lowest BCUT2D eigenvalue weighted by atomic mass is 10.2. The Morgan fingerprint density at radius 2 is 1.83 bits per heavy atom. The standard InChI is InChI=1S/C20H20N2O6S2/c1-4-28-18(23)12-22-16-10-9-15(30(3,25)26)11-17(16)29-20(22)21-19(24)13-5-7-14(27-2)8-6-13/h5-11H,4,12H2,1-3H3. The smallest absolute Gasteiger partial charge is 0.326 e. The van der Waals surface area contributed by atoms with Gasteiger partial charge in [0.15, 0.2) is 14.6 Å². The summed E-state index contributed by atoms with van der Waals surface area (Å²) in [6, 6.07) is 11.1. The molecular weight excluding hydrogens is 428 g/mol. The number of rotatable bonds is 6. The minimum Gasteiger partial charge on any atom is -0.497 e. The van der Waals surface area contributed by atoms with Gasteiger partial charge in [-0.25, -0.2) is 8.42 Å². The normalized spacial score (nSPS) is 12.2. The summed E-state index contributed by atoms with van der Waals surface area (Å²) in [6.07, 6.45) is 1.12. The van der Waals surface area contributed by atoms with Gasteiger partial charge in [0.2, 0.25) is 0 Å². The Hall–Kier alpha value is -2.98. The van der Waals surface area contributed by atoms with E-state index in [1.165, 1.54) is 19.2 Å². The Labute approximate surface area is 177 Å². The molecule has 1 amide bonds. The van der Waals surface area contributed by atoms with Crippen LogP contribution in [0.4, 0.5) is 0 Å². The molecule has 0 radical (unpaired) electrons. The Bertz CT molecular complexity index is 1270. The Kier molecular flexibility index (Phi) is 6.37. The zero-order chi connectivity index (χ0) is 21.9. The number of nitrogens with zero attached hydrogens (tertiary/aromatic N) is 2. The van der Waals surface area contributed by atoms with Crippen LogP contribution in [0.3, 0.4) is 0 Å². The highest BCUT2D eigenvalue weighted by Gasteiger charge is 2.15. The van der Waals surface area contributed by atoms with Crippen LogP contribution in [0, 0.1) is 0 Å². The SMILES string of the molecule is CCOC(=O)Cn1c(=NC(=O)c2ccc(OC)cc2)sc2cc(S(C)(=O)=O)ccc21. The van der Waals surface area contributed by atoms with Crippen LogP contribution >= 0.6 is 11.3 Å². The highest BCUT2D eigenvalue weighted by molar-refractivity contribution is 7.90. The number of aromatic nitrogens is 1. The summed E-state index contributed by atoms with van der Waals surface area (Å²) < 4.78 is 36.0. The monoisotopic (exact) mass is 448 g/mol. The lowest BCUT2D eigenvalue weighted by Crippen LogP contribution is -2.23. The summed E-state index contributed by atoms with van der Waals surface area (Å²) in [6.45, 7) is 1.77. The molecule has 0 aliphatic heterocycles. The molecule has 3 rings (SSSR count). The first-order chi connectivity index (χ1) is 14.2. The van der Waals surface area contributed by atoms with E-state index in [4.69, 9.17) is 9.47 Å². The van der Waals surface area contributed by atoms with Gasteiger partial charge in [-0.05, 0) is 49.4 Å². The van der Waals surface area contributed by atoms with E-state index in [0.717, 1.165) is 17.6 Å². The maximum Gasteiger partial charge on any atom is 0.326 e. The van der Waals surface area contributed by atoms with Crippen LogP contribution in [0.25, 0.3) is 10.2 Å². The van der Waals surface area contributed by atoms with E-state index in [9.17, 15) is 18.0 Å². The third-order valence-corrected chi connectivity index (χ3v) is 6.36. The number of amides is 1. The Morgan fingerprint density at radius 3 is 2.43 bits per heavy atom. The van der Waals surface area contributed by atoms with Gasteiger partial charge in [0.25, 0.3) is 5.91 Å². The number of methoxy groups -OCH3 is 1. The second-order valence-corrected chi connectivity index (χ2v) is 9.35. The number of hydrogen-bond acceptors (Lipinski definition) is 7. The van der Waals surface area contributed by atoms with E-state index in [0.29, 0.717) is 21.5 Å². The van der Waals surface area contributed by atoms with Gasteiger partial charge in [-0.15, -0.1) is 0 Å². The second-order valence-electron chi connectivity index (χ2n) is 6.32. The van der Waals surface area contributed by atoms with Gasteiger partial charge in [0.1, 0.15) is 12.3 Å². The van der Waals surface area contributed by atoms with Gasteiger partial charge >= 0.3 is 5.97 Å². The molecule has 10 heteroatoms. The molecule has 2 aromatic carbocycles. The summed E-state index contributed by atoms with van der Waals surface area (Å²) in [7, 11) is -1.88. The molecule has 8 nitrogen and oxygen atoms in total. The fourth-order valence-electron chi connectivity index (χ4n) is 2.74. The predicted molar refractivity (Wildman–Crippen MR) is 112 cm³/mol. The van der Waals surface area contributed by atoms with E-state index < -0.39 is 21.7 Å². The van der Waals surface area contributed by atoms with Gasteiger partial charge in [-0.3, -0.25) is 9.59 Å². The van der Waals surface area contributed by atoms with Crippen molar-refractivity contribution in [3.63, 3.8) is 0 Å². The molecule has 0 spiro atoms. The maximum absolute atomic E-state index is 12.7. The Balaban J connectivity index is 2.13. The van der Waals surface area contributed by atoms with Crippen LogP contribution in [0.1, 0.15) is 17.3 Å². The topological polar surface area (TPSA) is 104 Å². The highest BCUT2D eigenvalue weighted by atomic mass is 32.2. The van der Waals surface area contributed by atoms with Crippen molar-refractivity contribution in [3.8, 4) is 5.75 Å². The molecule has 0 saturated carbocycles. The molecule has 0 unspecified atom stereocenters. The highest BCUT2D eigenvalue weighted by Crippen LogP contribution is 2.22. The molecule has 30 heavy (non-hydrogen) atoms. The van der Waals surface area contributed by atoms with Crippen molar-refractivity contribution in [2.45, 2.75) is 18.4 Å². The number of benzene rings is 2. The molecule has 0 fully saturated rings. The third kappa shape index (κ3) is 4.77. The molecule has 0 bridgehead atoms. The summed E-state index contributed by atoms with van der Waals surface area (Å²) >= 11 is 1.12. The maximum atomic E-state index is 12.7. The van der Waals surface area contributed by atoms with Gasteiger partial charge in [0.05, 0.1) is 28.8 Å². The second kappa shape index (κ2) is 8.80. The number of ether oxygens (including phenoxy) is 2. The van der Waals surface area contributed by atoms with Crippen LogP contribution in [-0.4, -0.2) is 44.8 Å². The minimum absolute atomic E-state index is 0.146. The average Bonchev–Trinajstić information content (AvgIpc) is 3.03. The van der Waals surface area contributed by atoms with E-state index in [1.807, 2.05) is 0 Å². The molecule has 1 aromatic heterocycles. The number of fused-ring (bicyclic) bond motifs is 1. The molecule has 0 saturated heterocycles. The van der Waals surface area contributed by atoms with Crippen LogP contribution in [-0.2, 0) is 25.9 Å². The molecule has 158 valence electrons. The first kappa shape index (κ1) is 21.7. The van der Waals surface area contributed by atoms with E-state index in [2.05, 4.69) is 4.99 Å². The summed E-state index contributed by atoms with van der Waals surface area (Å²) in [5.41, 5.74) is 0.939. The number of carbonyl (C=O) groups is 2. The zero-order valence-corrected chi connectivity index (χ0v) is 18.2. The average molecular weight is 449 g/mol. The fraction of sp³-hybridized carbons (Fsp3) is 0.250. The van der Waals surface area contributed by atoms with Gasteiger partial charge in [-0.2, -0.15) is 4.99 Å². The number of esters is 1. The Morgan fingerprint density at radius 1 is 1.13 bits per heavy atom. The molecule has 1 heterocycles. The summed E-state index contributed by atoms with van der Waals surface area (Å²) in [4.78, 5) is 29.3. The summed E-state index contributed by atoms with van der Waals surface area (Å²) in [5.74, 6) is -0.369. The lowest BCUT2D eigenvalue weighted by molar-refractivity contribution is -0.143. The third-order valence-electron chi connectivity index (χ3n) is 4.21. The van der Waals surface area contributed by atoms with Crippen LogP contribution in [0.2, 0.25) is 0 Å². The number of hydrogen-bond donors (Lipinski definition) is 0. The number of sulfone groups is 1. The molecular formula is C20H20N2O6S2.